The Labute approximate surface area is 138 Å². The van der Waals surface area contributed by atoms with Gasteiger partial charge in [0.2, 0.25) is 0 Å². The summed E-state index contributed by atoms with van der Waals surface area (Å²) in [6, 6.07) is 15.9. The number of benzene rings is 2. The molecule has 2 nitrogen and oxygen atoms in total. The number of hydrogen-bond acceptors (Lipinski definition) is 2. The number of likely N-dealkylation sites (N-methyl/N-ethyl adjacent to an activating group) is 1. The number of nitrogens with zero attached hydrogens (tertiary/aromatic N) is 1. The minimum absolute atomic E-state index is 0.548. The van der Waals surface area contributed by atoms with Crippen LogP contribution in [0, 0.1) is 0 Å². The third-order valence-corrected chi connectivity index (χ3v) is 3.43. The van der Waals surface area contributed by atoms with Crippen molar-refractivity contribution in [3.63, 3.8) is 0 Å². The van der Waals surface area contributed by atoms with Gasteiger partial charge in [-0.25, -0.2) is 0 Å². The zero-order valence-electron chi connectivity index (χ0n) is 13.3. The first-order chi connectivity index (χ1) is 10.5. The van der Waals surface area contributed by atoms with Crippen LogP contribution in [0.25, 0.3) is 6.08 Å². The lowest BCUT2D eigenvalue weighted by Crippen LogP contribution is -2.13. The van der Waals surface area contributed by atoms with Crippen LogP contribution >= 0.6 is 11.6 Å². The fraction of sp³-hybridized carbons (Fsp3) is 0.263. The predicted octanol–water partition coefficient (Wildman–Crippen LogP) is 4.88. The van der Waals surface area contributed by atoms with Crippen molar-refractivity contribution in [2.24, 2.45) is 0 Å². The van der Waals surface area contributed by atoms with Crippen LogP contribution in [0.5, 0.6) is 5.75 Å². The van der Waals surface area contributed by atoms with Gasteiger partial charge in [0.1, 0.15) is 12.4 Å². The molecule has 0 spiro atoms. The summed E-state index contributed by atoms with van der Waals surface area (Å²) in [6.07, 6.45) is 2.20. The molecule has 2 rings (SSSR count). The van der Waals surface area contributed by atoms with Crippen molar-refractivity contribution in [3.8, 4) is 5.75 Å². The summed E-state index contributed by atoms with van der Waals surface area (Å²) in [7, 11) is 4.15. The van der Waals surface area contributed by atoms with Gasteiger partial charge in [-0.3, -0.25) is 0 Å². The molecule has 0 radical (unpaired) electrons. The largest absolute Gasteiger partial charge is 0.489 e. The van der Waals surface area contributed by atoms with Gasteiger partial charge in [0.15, 0.2) is 0 Å². The second kappa shape index (κ2) is 8.02. The molecule has 0 saturated heterocycles. The second-order valence-corrected chi connectivity index (χ2v) is 6.15. The average molecular weight is 316 g/mol. The van der Waals surface area contributed by atoms with Crippen molar-refractivity contribution >= 4 is 17.7 Å². The monoisotopic (exact) mass is 315 g/mol. The molecule has 0 aliphatic heterocycles. The normalized spacial score (nSPS) is 11.8. The molecule has 0 atom stereocenters. The van der Waals surface area contributed by atoms with Gasteiger partial charge in [-0.1, -0.05) is 47.5 Å². The van der Waals surface area contributed by atoms with E-state index in [2.05, 4.69) is 44.1 Å². The molecule has 3 heteroatoms. The molecule has 22 heavy (non-hydrogen) atoms. The van der Waals surface area contributed by atoms with E-state index in [1.54, 1.807) is 0 Å². The van der Waals surface area contributed by atoms with E-state index in [9.17, 15) is 0 Å². The number of hydrogen-bond donors (Lipinski definition) is 0. The molecule has 2 aromatic carbocycles. The van der Waals surface area contributed by atoms with Crippen molar-refractivity contribution in [3.05, 3.63) is 70.3 Å². The topological polar surface area (TPSA) is 12.5 Å². The highest BCUT2D eigenvalue weighted by Crippen LogP contribution is 2.17. The highest BCUT2D eigenvalue weighted by atomic mass is 35.5. The number of halogens is 1. The van der Waals surface area contributed by atoms with Gasteiger partial charge in [0.25, 0.3) is 0 Å². The molecule has 0 saturated carbocycles. The molecular weight excluding hydrogens is 294 g/mol. The maximum atomic E-state index is 5.87. The minimum atomic E-state index is 0.548. The first-order valence-corrected chi connectivity index (χ1v) is 7.70. The Morgan fingerprint density at radius 1 is 1.05 bits per heavy atom. The Morgan fingerprint density at radius 3 is 2.27 bits per heavy atom. The van der Waals surface area contributed by atoms with Crippen LogP contribution in [0.4, 0.5) is 0 Å². The van der Waals surface area contributed by atoms with Gasteiger partial charge in [-0.2, -0.15) is 0 Å². The van der Waals surface area contributed by atoms with Gasteiger partial charge < -0.3 is 9.64 Å². The van der Waals surface area contributed by atoms with Crippen LogP contribution in [0.15, 0.2) is 54.1 Å². The van der Waals surface area contributed by atoms with E-state index in [0.717, 1.165) is 22.9 Å². The summed E-state index contributed by atoms with van der Waals surface area (Å²) in [5, 5.41) is 0.744. The van der Waals surface area contributed by atoms with E-state index in [4.69, 9.17) is 16.3 Å². The Hall–Kier alpha value is -1.77. The molecular formula is C19H22ClNO. The lowest BCUT2D eigenvalue weighted by Gasteiger charge is -2.10. The van der Waals surface area contributed by atoms with Crippen molar-refractivity contribution < 1.29 is 4.74 Å². The van der Waals surface area contributed by atoms with E-state index in [0.29, 0.717) is 6.61 Å². The quantitative estimate of drug-likeness (QED) is 0.753. The molecule has 0 bridgehead atoms. The lowest BCUT2D eigenvalue weighted by molar-refractivity contribution is 0.306. The standard InChI is InChI=1S/C19H22ClNO/c1-15(13-21(2)3)12-16-6-10-19(11-7-16)22-14-17-4-8-18(20)9-5-17/h4-12H,13-14H2,1-3H3. The molecule has 0 aromatic heterocycles. The Balaban J connectivity index is 1.93. The van der Waals surface area contributed by atoms with Gasteiger partial charge in [-0.05, 0) is 56.4 Å². The molecule has 0 aliphatic carbocycles. The summed E-state index contributed by atoms with van der Waals surface area (Å²) in [4.78, 5) is 2.16. The van der Waals surface area contributed by atoms with E-state index in [1.807, 2.05) is 36.4 Å². The number of ether oxygens (including phenoxy) is 1. The summed E-state index contributed by atoms with van der Waals surface area (Å²) >= 11 is 5.87. The molecule has 116 valence electrons. The molecule has 2 aromatic rings. The maximum Gasteiger partial charge on any atom is 0.119 e. The van der Waals surface area contributed by atoms with Crippen molar-refractivity contribution in [2.45, 2.75) is 13.5 Å². The van der Waals surface area contributed by atoms with Gasteiger partial charge in [0.05, 0.1) is 0 Å². The summed E-state index contributed by atoms with van der Waals surface area (Å²) in [5.41, 5.74) is 3.63. The highest BCUT2D eigenvalue weighted by Gasteiger charge is 1.98. The van der Waals surface area contributed by atoms with Crippen LogP contribution in [0.1, 0.15) is 18.1 Å². The minimum Gasteiger partial charge on any atom is -0.489 e. The predicted molar refractivity (Wildman–Crippen MR) is 94.4 cm³/mol. The zero-order valence-corrected chi connectivity index (χ0v) is 14.1. The van der Waals surface area contributed by atoms with Gasteiger partial charge in [0, 0.05) is 11.6 Å². The summed E-state index contributed by atoms with van der Waals surface area (Å²) < 4.78 is 5.78. The van der Waals surface area contributed by atoms with Crippen LogP contribution < -0.4 is 4.74 Å². The SMILES string of the molecule is CC(=Cc1ccc(OCc2ccc(Cl)cc2)cc1)CN(C)C. The Kier molecular flexibility index (Phi) is 6.05. The van der Waals surface area contributed by atoms with Crippen LogP contribution in [0.2, 0.25) is 5.02 Å². The Bertz CT molecular complexity index is 615. The molecule has 0 heterocycles. The lowest BCUT2D eigenvalue weighted by atomic mass is 10.1. The van der Waals surface area contributed by atoms with Crippen molar-refractivity contribution in [1.29, 1.82) is 0 Å². The fourth-order valence-corrected chi connectivity index (χ4v) is 2.36. The smallest absolute Gasteiger partial charge is 0.119 e. The first kappa shape index (κ1) is 16.6. The second-order valence-electron chi connectivity index (χ2n) is 5.71. The molecule has 0 aliphatic rings. The van der Waals surface area contributed by atoms with Gasteiger partial charge in [-0.15, -0.1) is 0 Å². The van der Waals surface area contributed by atoms with Crippen LogP contribution in [0.3, 0.4) is 0 Å². The molecule has 0 unspecified atom stereocenters. The average Bonchev–Trinajstić information content (AvgIpc) is 2.47. The third-order valence-electron chi connectivity index (χ3n) is 3.18. The van der Waals surface area contributed by atoms with E-state index >= 15 is 0 Å². The van der Waals surface area contributed by atoms with Crippen LogP contribution in [-0.2, 0) is 6.61 Å². The molecule has 0 amide bonds. The summed E-state index contributed by atoms with van der Waals surface area (Å²) in [6.45, 7) is 3.66. The van der Waals surface area contributed by atoms with Crippen molar-refractivity contribution in [2.75, 3.05) is 20.6 Å². The van der Waals surface area contributed by atoms with E-state index < -0.39 is 0 Å². The maximum absolute atomic E-state index is 5.87. The Morgan fingerprint density at radius 2 is 1.68 bits per heavy atom. The van der Waals surface area contributed by atoms with Crippen molar-refractivity contribution in [1.82, 2.24) is 4.90 Å². The van der Waals surface area contributed by atoms with Gasteiger partial charge >= 0.3 is 0 Å². The van der Waals surface area contributed by atoms with Crippen LogP contribution in [-0.4, -0.2) is 25.5 Å². The molecule has 0 fully saturated rings. The number of rotatable bonds is 6. The van der Waals surface area contributed by atoms with E-state index in [1.165, 1.54) is 11.1 Å². The summed E-state index contributed by atoms with van der Waals surface area (Å²) in [5.74, 6) is 0.873. The third kappa shape index (κ3) is 5.55. The zero-order chi connectivity index (χ0) is 15.9. The highest BCUT2D eigenvalue weighted by molar-refractivity contribution is 6.30. The van der Waals surface area contributed by atoms with E-state index in [-0.39, 0.29) is 0 Å². The fourth-order valence-electron chi connectivity index (χ4n) is 2.24. The molecule has 0 N–H and O–H groups in total. The first-order valence-electron chi connectivity index (χ1n) is 7.32.